The van der Waals surface area contributed by atoms with E-state index < -0.39 is 0 Å². The zero-order valence-corrected chi connectivity index (χ0v) is 22.1. The third kappa shape index (κ3) is 5.23. The van der Waals surface area contributed by atoms with Gasteiger partial charge in [-0.05, 0) is 80.2 Å². The summed E-state index contributed by atoms with van der Waals surface area (Å²) in [5.41, 5.74) is 7.35. The van der Waals surface area contributed by atoms with Crippen molar-refractivity contribution >= 4 is 28.2 Å². The molecular formula is C30H29N5O2S. The number of nitrogens with one attached hydrogen (secondary N) is 1. The number of likely N-dealkylation sites (tertiary alicyclic amines) is 1. The number of imidazole rings is 1. The Morgan fingerprint density at radius 1 is 1.03 bits per heavy atom. The molecule has 1 fully saturated rings. The van der Waals surface area contributed by atoms with E-state index in [2.05, 4.69) is 37.0 Å². The van der Waals surface area contributed by atoms with Crippen molar-refractivity contribution in [1.82, 2.24) is 24.8 Å². The lowest BCUT2D eigenvalue weighted by molar-refractivity contribution is 0.0457. The first-order chi connectivity index (χ1) is 18.6. The number of H-pyrrole nitrogens is 1. The topological polar surface area (TPSA) is 84.0 Å². The number of nitrogens with zero attached hydrogens (tertiary/aromatic N) is 4. The van der Waals surface area contributed by atoms with Gasteiger partial charge in [-0.3, -0.25) is 14.9 Å². The highest BCUT2D eigenvalue weighted by molar-refractivity contribution is 7.12. The van der Waals surface area contributed by atoms with Gasteiger partial charge in [0.25, 0.3) is 0 Å². The van der Waals surface area contributed by atoms with Crippen LogP contribution in [0, 0.1) is 6.92 Å². The molecule has 0 atom stereocenters. The summed E-state index contributed by atoms with van der Waals surface area (Å²) in [6.07, 6.45) is 7.32. The predicted molar refractivity (Wildman–Crippen MR) is 151 cm³/mol. The van der Waals surface area contributed by atoms with Crippen molar-refractivity contribution < 1.29 is 9.53 Å². The highest BCUT2D eigenvalue weighted by atomic mass is 32.1. The second kappa shape index (κ2) is 10.8. The van der Waals surface area contributed by atoms with Crippen molar-refractivity contribution in [2.75, 3.05) is 26.2 Å². The van der Waals surface area contributed by atoms with Gasteiger partial charge in [0.15, 0.2) is 0 Å². The SMILES string of the molecule is Cc1cccc(-c2[nH]cnc2-c2ccc3ncc(-c4csc(C(=O)OCCN5CCCCC5)c4)cc3c2)n1. The third-order valence-electron chi connectivity index (χ3n) is 6.96. The van der Waals surface area contributed by atoms with E-state index in [1.807, 2.05) is 54.9 Å². The Hall–Kier alpha value is -3.88. The summed E-state index contributed by atoms with van der Waals surface area (Å²) in [5.74, 6) is -0.259. The predicted octanol–water partition coefficient (Wildman–Crippen LogP) is 6.37. The Labute approximate surface area is 225 Å². The van der Waals surface area contributed by atoms with Crippen LogP contribution in [0.4, 0.5) is 0 Å². The number of carbonyl (C=O) groups excluding carboxylic acids is 1. The number of rotatable bonds is 7. The van der Waals surface area contributed by atoms with Crippen LogP contribution in [0.2, 0.25) is 0 Å². The number of carbonyl (C=O) groups is 1. The molecule has 1 N–H and O–H groups in total. The molecule has 7 nitrogen and oxygen atoms in total. The average Bonchev–Trinajstić information content (AvgIpc) is 3.64. The molecule has 0 bridgehead atoms. The zero-order chi connectivity index (χ0) is 25.9. The van der Waals surface area contributed by atoms with E-state index in [9.17, 15) is 4.79 Å². The Morgan fingerprint density at radius 2 is 1.89 bits per heavy atom. The van der Waals surface area contributed by atoms with Crippen LogP contribution in [0.3, 0.4) is 0 Å². The molecule has 5 aromatic rings. The second-order valence-corrected chi connectivity index (χ2v) is 10.6. The summed E-state index contributed by atoms with van der Waals surface area (Å²) in [4.78, 5) is 32.8. The van der Waals surface area contributed by atoms with Crippen molar-refractivity contribution in [3.63, 3.8) is 0 Å². The summed E-state index contributed by atoms with van der Waals surface area (Å²) in [7, 11) is 0. The largest absolute Gasteiger partial charge is 0.460 e. The van der Waals surface area contributed by atoms with Crippen molar-refractivity contribution in [3.8, 4) is 33.8 Å². The van der Waals surface area contributed by atoms with Crippen LogP contribution in [0.1, 0.15) is 34.6 Å². The van der Waals surface area contributed by atoms with Crippen LogP contribution in [0.5, 0.6) is 0 Å². The van der Waals surface area contributed by atoms with E-state index in [1.54, 1.807) is 6.33 Å². The molecule has 4 aromatic heterocycles. The average molecular weight is 524 g/mol. The zero-order valence-electron chi connectivity index (χ0n) is 21.3. The summed E-state index contributed by atoms with van der Waals surface area (Å²) >= 11 is 1.41. The molecule has 6 rings (SSSR count). The van der Waals surface area contributed by atoms with Gasteiger partial charge in [-0.25, -0.2) is 9.78 Å². The van der Waals surface area contributed by atoms with Gasteiger partial charge in [0, 0.05) is 34.9 Å². The first-order valence-electron chi connectivity index (χ1n) is 13.0. The molecule has 38 heavy (non-hydrogen) atoms. The molecule has 1 aliphatic rings. The van der Waals surface area contributed by atoms with E-state index in [0.717, 1.165) is 70.0 Å². The molecule has 1 aliphatic heterocycles. The Bertz CT molecular complexity index is 1580. The number of ether oxygens (including phenoxy) is 1. The van der Waals surface area contributed by atoms with E-state index in [4.69, 9.17) is 4.74 Å². The molecule has 0 saturated carbocycles. The van der Waals surface area contributed by atoms with E-state index in [0.29, 0.717) is 11.5 Å². The smallest absolute Gasteiger partial charge is 0.348 e. The van der Waals surface area contributed by atoms with Gasteiger partial charge in [0.1, 0.15) is 11.5 Å². The number of fused-ring (bicyclic) bond motifs is 1. The molecule has 0 amide bonds. The van der Waals surface area contributed by atoms with Gasteiger partial charge in [-0.15, -0.1) is 11.3 Å². The summed E-state index contributed by atoms with van der Waals surface area (Å²) in [5, 5.41) is 2.99. The van der Waals surface area contributed by atoms with Crippen LogP contribution in [0.15, 0.2) is 66.4 Å². The van der Waals surface area contributed by atoms with E-state index in [1.165, 1.54) is 30.6 Å². The minimum absolute atomic E-state index is 0.259. The number of esters is 1. The van der Waals surface area contributed by atoms with Gasteiger partial charge >= 0.3 is 5.97 Å². The number of thiophene rings is 1. The van der Waals surface area contributed by atoms with Crippen LogP contribution in [-0.4, -0.2) is 57.0 Å². The highest BCUT2D eigenvalue weighted by Gasteiger charge is 2.16. The first kappa shape index (κ1) is 24.5. The third-order valence-corrected chi connectivity index (χ3v) is 7.87. The number of benzene rings is 1. The number of aryl methyl sites for hydroxylation is 1. The normalized spacial score (nSPS) is 14.1. The summed E-state index contributed by atoms with van der Waals surface area (Å²) in [6, 6.07) is 16.1. The van der Waals surface area contributed by atoms with Gasteiger partial charge in [0.2, 0.25) is 0 Å². The molecule has 0 spiro atoms. The lowest BCUT2D eigenvalue weighted by Crippen LogP contribution is -2.33. The lowest BCUT2D eigenvalue weighted by Gasteiger charge is -2.25. The van der Waals surface area contributed by atoms with Gasteiger partial charge in [0.05, 0.1) is 28.9 Å². The summed E-state index contributed by atoms with van der Waals surface area (Å²) < 4.78 is 5.56. The molecule has 5 heterocycles. The van der Waals surface area contributed by atoms with Crippen molar-refractivity contribution in [1.29, 1.82) is 0 Å². The Morgan fingerprint density at radius 3 is 2.76 bits per heavy atom. The molecular weight excluding hydrogens is 494 g/mol. The fraction of sp³-hybridized carbons (Fsp3) is 0.267. The fourth-order valence-corrected chi connectivity index (χ4v) is 5.75. The molecule has 0 unspecified atom stereocenters. The van der Waals surface area contributed by atoms with Gasteiger partial charge in [-0.2, -0.15) is 0 Å². The quantitative estimate of drug-likeness (QED) is 0.250. The van der Waals surface area contributed by atoms with Crippen LogP contribution < -0.4 is 0 Å². The molecule has 8 heteroatoms. The fourth-order valence-electron chi connectivity index (χ4n) is 4.94. The second-order valence-electron chi connectivity index (χ2n) is 9.66. The molecule has 0 aliphatic carbocycles. The number of pyridine rings is 2. The van der Waals surface area contributed by atoms with Gasteiger partial charge < -0.3 is 9.72 Å². The maximum absolute atomic E-state index is 12.6. The van der Waals surface area contributed by atoms with Crippen LogP contribution in [0.25, 0.3) is 44.7 Å². The number of hydrogen-bond donors (Lipinski definition) is 1. The Kier molecular flexibility index (Phi) is 6.98. The van der Waals surface area contributed by atoms with Gasteiger partial charge in [-0.1, -0.05) is 18.6 Å². The maximum Gasteiger partial charge on any atom is 0.348 e. The number of aromatic amines is 1. The molecule has 0 radical (unpaired) electrons. The number of piperidine rings is 1. The standard InChI is InChI=1S/C30H29N5O2S/c1-20-6-5-7-26(34-20)29-28(32-19-33-29)21-8-9-25-22(14-21)15-23(17-31-25)24-16-27(38-18-24)30(36)37-13-12-35-10-3-2-4-11-35/h5-9,14-19H,2-4,10-13H2,1H3,(H,32,33). The van der Waals surface area contributed by atoms with E-state index in [-0.39, 0.29) is 5.97 Å². The maximum atomic E-state index is 12.6. The number of hydrogen-bond acceptors (Lipinski definition) is 7. The highest BCUT2D eigenvalue weighted by Crippen LogP contribution is 2.32. The van der Waals surface area contributed by atoms with Crippen molar-refractivity contribution in [3.05, 3.63) is 77.0 Å². The molecule has 192 valence electrons. The lowest BCUT2D eigenvalue weighted by atomic mass is 10.0. The minimum Gasteiger partial charge on any atom is -0.460 e. The minimum atomic E-state index is -0.259. The van der Waals surface area contributed by atoms with Crippen molar-refractivity contribution in [2.45, 2.75) is 26.2 Å². The Balaban J connectivity index is 1.20. The number of aromatic nitrogens is 4. The van der Waals surface area contributed by atoms with Crippen molar-refractivity contribution in [2.24, 2.45) is 0 Å². The monoisotopic (exact) mass is 523 g/mol. The molecule has 1 aromatic carbocycles. The van der Waals surface area contributed by atoms with Crippen LogP contribution >= 0.6 is 11.3 Å². The molecule has 1 saturated heterocycles. The van der Waals surface area contributed by atoms with Crippen LogP contribution in [-0.2, 0) is 4.74 Å². The van der Waals surface area contributed by atoms with E-state index >= 15 is 0 Å². The summed E-state index contributed by atoms with van der Waals surface area (Å²) in [6.45, 7) is 5.41. The first-order valence-corrected chi connectivity index (χ1v) is 13.9.